The Morgan fingerprint density at radius 3 is 1.36 bits per heavy atom. The first-order valence-corrected chi connectivity index (χ1v) is 17.1. The zero-order chi connectivity index (χ0) is 30.5. The second kappa shape index (κ2) is 16.9. The van der Waals surface area contributed by atoms with Crippen LogP contribution >= 0.6 is 31.9 Å². The van der Waals surface area contributed by atoms with Crippen LogP contribution in [0, 0.1) is 6.08 Å². The molecule has 0 amide bonds. The van der Waals surface area contributed by atoms with Gasteiger partial charge in [0.05, 0.1) is 0 Å². The van der Waals surface area contributed by atoms with Crippen molar-refractivity contribution in [3.63, 3.8) is 0 Å². The van der Waals surface area contributed by atoms with E-state index in [1.807, 2.05) is 12.2 Å². The summed E-state index contributed by atoms with van der Waals surface area (Å²) in [5, 5.41) is 5.48. The molecule has 0 N–H and O–H groups in total. The van der Waals surface area contributed by atoms with Gasteiger partial charge in [0.1, 0.15) is 0 Å². The van der Waals surface area contributed by atoms with Crippen LogP contribution in [0.15, 0.2) is 118 Å². The number of hydrogen-bond donors (Lipinski definition) is 0. The van der Waals surface area contributed by atoms with Crippen LogP contribution in [-0.4, -0.2) is 3.21 Å². The molecule has 228 valence electrons. The van der Waals surface area contributed by atoms with E-state index in [2.05, 4.69) is 177 Å². The van der Waals surface area contributed by atoms with E-state index >= 15 is 0 Å². The first kappa shape index (κ1) is 38.7. The Morgan fingerprint density at radius 1 is 0.659 bits per heavy atom. The zero-order valence-corrected chi connectivity index (χ0v) is 33.3. The topological polar surface area (TPSA) is 0 Å². The summed E-state index contributed by atoms with van der Waals surface area (Å²) in [6, 6.07) is 33.1. The van der Waals surface area contributed by atoms with Gasteiger partial charge in [0.2, 0.25) is 0 Å². The molecule has 5 heteroatoms. The Balaban J connectivity index is 0.000000260. The third-order valence-corrected chi connectivity index (χ3v) is 9.76. The van der Waals surface area contributed by atoms with E-state index in [1.54, 1.807) is 0 Å². The monoisotopic (exact) mass is 824 g/mol. The third-order valence-electron chi connectivity index (χ3n) is 7.29. The van der Waals surface area contributed by atoms with Crippen LogP contribution in [0.5, 0.6) is 0 Å². The average molecular weight is 829 g/mol. The molecular weight excluding hydrogens is 790 g/mol. The van der Waals surface area contributed by atoms with Gasteiger partial charge in [-0.2, -0.15) is 6.08 Å². The first-order chi connectivity index (χ1) is 19.8. The van der Waals surface area contributed by atoms with Crippen molar-refractivity contribution in [3.8, 4) is 0 Å². The molecule has 0 aromatic heterocycles. The van der Waals surface area contributed by atoms with Crippen LogP contribution in [0.4, 0.5) is 0 Å². The van der Waals surface area contributed by atoms with Crippen molar-refractivity contribution in [1.82, 2.24) is 0 Å². The summed E-state index contributed by atoms with van der Waals surface area (Å²) in [5.74, 6) is 0. The molecular formula is C39H38Br2Cl2Zr-2. The summed E-state index contributed by atoms with van der Waals surface area (Å²) >= 11 is 8.34. The van der Waals surface area contributed by atoms with Gasteiger partial charge < -0.3 is 24.8 Å². The average Bonchev–Trinajstić information content (AvgIpc) is 3.64. The molecule has 5 aromatic rings. The van der Waals surface area contributed by atoms with Crippen molar-refractivity contribution in [2.24, 2.45) is 0 Å². The maximum Gasteiger partial charge on any atom is -0.0202 e. The molecule has 1 aliphatic rings. The van der Waals surface area contributed by atoms with Gasteiger partial charge in [-0.3, -0.25) is 6.08 Å². The quantitative estimate of drug-likeness (QED) is 0.193. The Morgan fingerprint density at radius 2 is 1.07 bits per heavy atom. The van der Waals surface area contributed by atoms with Crippen molar-refractivity contribution in [2.45, 2.75) is 58.8 Å². The molecule has 0 atom stereocenters. The largest absolute Gasteiger partial charge is 1.00 e. The van der Waals surface area contributed by atoms with E-state index in [1.165, 1.54) is 71.2 Å². The van der Waals surface area contributed by atoms with Crippen molar-refractivity contribution in [1.29, 1.82) is 0 Å². The van der Waals surface area contributed by atoms with E-state index in [0.717, 1.165) is 15.4 Å². The van der Waals surface area contributed by atoms with E-state index in [9.17, 15) is 0 Å². The standard InChI is InChI=1S/C21H25.C13H8Br2.C5H5.2ClH.Zr/c1-20(2,3)16-7-9-18-14(12-16)11-15-13-17(21(4,5)6)8-10-19(15)18;14-12-5-1-10(2-6-12)9-11-3-7-13(15)8-4-11;1-2-4-5-3-1;;;/h7-13H,1-6H3;1-8H;1-3H,4H2;2*1H;/q-1;;-1;;;+2/p-2. The molecule has 0 fully saturated rings. The van der Waals surface area contributed by atoms with Crippen molar-refractivity contribution >= 4 is 56.6 Å². The molecule has 0 heterocycles. The Hall–Kier alpha value is -1.48. The van der Waals surface area contributed by atoms with Crippen molar-refractivity contribution < 1.29 is 49.0 Å². The van der Waals surface area contributed by atoms with Gasteiger partial charge in [-0.05, 0) is 10.8 Å². The summed E-state index contributed by atoms with van der Waals surface area (Å²) in [5.41, 5.74) is 5.80. The molecule has 0 bridgehead atoms. The molecule has 0 nitrogen and oxygen atoms in total. The predicted octanol–water partition coefficient (Wildman–Crippen LogP) is 5.95. The van der Waals surface area contributed by atoms with E-state index in [0.29, 0.717) is 0 Å². The zero-order valence-electron chi connectivity index (χ0n) is 26.1. The smallest absolute Gasteiger partial charge is 0.0202 e. The van der Waals surface area contributed by atoms with Crippen LogP contribution < -0.4 is 24.8 Å². The van der Waals surface area contributed by atoms with Crippen molar-refractivity contribution in [3.05, 3.63) is 146 Å². The van der Waals surface area contributed by atoms with Gasteiger partial charge in [0, 0.05) is 0 Å². The number of allylic oxidation sites excluding steroid dienone is 4. The van der Waals surface area contributed by atoms with Crippen LogP contribution in [0.3, 0.4) is 0 Å². The fourth-order valence-corrected chi connectivity index (χ4v) is 6.04. The van der Waals surface area contributed by atoms with Crippen LogP contribution in [-0.2, 0) is 35.1 Å². The minimum absolute atomic E-state index is 0. The molecule has 0 unspecified atom stereocenters. The summed E-state index contributed by atoms with van der Waals surface area (Å²) in [6.07, 6.45) is 10.0. The van der Waals surface area contributed by atoms with Crippen LogP contribution in [0.2, 0.25) is 0 Å². The summed E-state index contributed by atoms with van der Waals surface area (Å²) in [6.45, 7) is 13.6. The van der Waals surface area contributed by atoms with E-state index < -0.39 is 0 Å². The number of halogens is 4. The molecule has 1 aliphatic carbocycles. The minimum Gasteiger partial charge on any atom is -1.00 e. The van der Waals surface area contributed by atoms with Crippen LogP contribution in [0.1, 0.15) is 70.2 Å². The third kappa shape index (κ3) is 10.5. The van der Waals surface area contributed by atoms with Gasteiger partial charge in [0.15, 0.2) is 0 Å². The Labute approximate surface area is 308 Å². The predicted molar refractivity (Wildman–Crippen MR) is 188 cm³/mol. The number of benzene rings is 4. The van der Waals surface area contributed by atoms with E-state index in [-0.39, 0.29) is 35.6 Å². The molecule has 0 radical (unpaired) electrons. The van der Waals surface area contributed by atoms with Gasteiger partial charge in [-0.25, -0.2) is 12.2 Å². The van der Waals surface area contributed by atoms with Crippen LogP contribution in [0.25, 0.3) is 21.5 Å². The van der Waals surface area contributed by atoms with Gasteiger partial charge >= 0.3 is 128 Å². The molecule has 0 aliphatic heterocycles. The fraction of sp³-hybridized carbons (Fsp3) is 0.231. The van der Waals surface area contributed by atoms with Gasteiger partial charge in [-0.15, -0.1) is 46.2 Å². The maximum atomic E-state index is 3.45. The normalized spacial score (nSPS) is 12.0. The van der Waals surface area contributed by atoms with Crippen molar-refractivity contribution in [2.75, 3.05) is 0 Å². The Kier molecular flexibility index (Phi) is 14.9. The van der Waals surface area contributed by atoms with Gasteiger partial charge in [-0.1, -0.05) is 76.9 Å². The summed E-state index contributed by atoms with van der Waals surface area (Å²) in [4.78, 5) is 0. The maximum absolute atomic E-state index is 3.45. The Bertz CT molecular complexity index is 1600. The molecule has 0 spiro atoms. The summed E-state index contributed by atoms with van der Waals surface area (Å²) < 4.78 is 3.62. The number of rotatable bonds is 2. The second-order valence-corrected chi connectivity index (χ2v) is 15.7. The number of fused-ring (bicyclic) bond motifs is 3. The summed E-state index contributed by atoms with van der Waals surface area (Å²) in [7, 11) is 0. The van der Waals surface area contributed by atoms with Gasteiger partial charge in [0.25, 0.3) is 0 Å². The number of hydrogen-bond acceptors (Lipinski definition) is 0. The minimum atomic E-state index is 0. The SMILES string of the molecule is Brc1ccc([C](=[Zr+2])c2ccc(Br)cc2)cc1.CC(C)(C)c1ccc2c(c1)[cH-]c1cc(C(C)(C)C)ccc12.[C-]1=CC=CC1.[Cl-].[Cl-]. The second-order valence-electron chi connectivity index (χ2n) is 12.6. The molecule has 44 heavy (non-hydrogen) atoms. The first-order valence-electron chi connectivity index (χ1n) is 14.3. The molecule has 5 aromatic carbocycles. The van der Waals surface area contributed by atoms with E-state index in [4.69, 9.17) is 0 Å². The molecule has 0 saturated carbocycles. The fourth-order valence-electron chi connectivity index (χ4n) is 4.70. The molecule has 6 rings (SSSR count). The molecule has 0 saturated heterocycles.